The van der Waals surface area contributed by atoms with Crippen LogP contribution < -0.4 is 4.80 Å². The molecule has 0 radical (unpaired) electrons. The van der Waals surface area contributed by atoms with Gasteiger partial charge in [0.2, 0.25) is 4.80 Å². The SMILES string of the molecule is CC(C)CC=Nn1c(-c2ccccc2F)csc1=NCc1ccccc1. The van der Waals surface area contributed by atoms with Crippen molar-refractivity contribution in [3.05, 3.63) is 76.2 Å². The molecule has 0 atom stereocenters. The summed E-state index contributed by atoms with van der Waals surface area (Å²) >= 11 is 1.47. The molecule has 0 amide bonds. The molecule has 0 saturated heterocycles. The van der Waals surface area contributed by atoms with E-state index in [1.54, 1.807) is 16.8 Å². The van der Waals surface area contributed by atoms with Crippen LogP contribution in [0.1, 0.15) is 25.8 Å². The van der Waals surface area contributed by atoms with E-state index in [1.807, 2.05) is 48.0 Å². The van der Waals surface area contributed by atoms with Gasteiger partial charge >= 0.3 is 0 Å². The summed E-state index contributed by atoms with van der Waals surface area (Å²) in [6.45, 7) is 4.85. The summed E-state index contributed by atoms with van der Waals surface area (Å²) in [5.74, 6) is 0.257. The Hall–Kier alpha value is -2.53. The molecule has 0 aliphatic rings. The van der Waals surface area contributed by atoms with E-state index >= 15 is 0 Å². The Balaban J connectivity index is 2.01. The first-order valence-electron chi connectivity index (χ1n) is 8.68. The summed E-state index contributed by atoms with van der Waals surface area (Å²) in [7, 11) is 0. The van der Waals surface area contributed by atoms with Crippen LogP contribution in [0.25, 0.3) is 11.3 Å². The third kappa shape index (κ3) is 4.55. The number of hydrogen-bond donors (Lipinski definition) is 0. The van der Waals surface area contributed by atoms with Crippen molar-refractivity contribution in [3.8, 4) is 11.3 Å². The third-order valence-electron chi connectivity index (χ3n) is 3.85. The van der Waals surface area contributed by atoms with E-state index in [2.05, 4.69) is 18.9 Å². The maximum Gasteiger partial charge on any atom is 0.206 e. The molecule has 0 spiro atoms. The first-order chi connectivity index (χ1) is 12.6. The minimum absolute atomic E-state index is 0.257. The lowest BCUT2D eigenvalue weighted by molar-refractivity contribution is 0.628. The van der Waals surface area contributed by atoms with Gasteiger partial charge in [0.1, 0.15) is 5.82 Å². The summed E-state index contributed by atoms with van der Waals surface area (Å²) in [6, 6.07) is 16.8. The van der Waals surface area contributed by atoms with Gasteiger partial charge in [-0.15, -0.1) is 11.3 Å². The fourth-order valence-corrected chi connectivity index (χ4v) is 3.28. The maximum absolute atomic E-state index is 14.3. The molecular weight excluding hydrogens is 345 g/mol. The topological polar surface area (TPSA) is 29.6 Å². The molecule has 3 nitrogen and oxygen atoms in total. The molecule has 0 saturated carbocycles. The number of aromatic nitrogens is 1. The van der Waals surface area contributed by atoms with Gasteiger partial charge in [0.15, 0.2) is 0 Å². The van der Waals surface area contributed by atoms with Crippen molar-refractivity contribution in [3.63, 3.8) is 0 Å². The second-order valence-electron chi connectivity index (χ2n) is 6.42. The Labute approximate surface area is 157 Å². The van der Waals surface area contributed by atoms with Crippen LogP contribution in [0.3, 0.4) is 0 Å². The average Bonchev–Trinajstić information content (AvgIpc) is 3.04. The molecule has 0 aliphatic heterocycles. The van der Waals surface area contributed by atoms with Crippen molar-refractivity contribution in [1.29, 1.82) is 0 Å². The Kier molecular flexibility index (Phi) is 6.12. The van der Waals surface area contributed by atoms with Gasteiger partial charge in [-0.25, -0.2) is 9.07 Å². The number of thiazole rings is 1. The highest BCUT2D eigenvalue weighted by molar-refractivity contribution is 7.07. The molecule has 0 N–H and O–H groups in total. The standard InChI is InChI=1S/C21H22FN3S/c1-16(2)12-13-24-25-20(18-10-6-7-11-19(18)22)15-26-21(25)23-14-17-8-4-3-5-9-17/h3-11,13,15-16H,12,14H2,1-2H3. The predicted octanol–water partition coefficient (Wildman–Crippen LogP) is 5.34. The lowest BCUT2D eigenvalue weighted by atomic mass is 10.1. The van der Waals surface area contributed by atoms with Gasteiger partial charge in [0.05, 0.1) is 12.2 Å². The number of nitrogens with zero attached hydrogens (tertiary/aromatic N) is 3. The highest BCUT2D eigenvalue weighted by Gasteiger charge is 2.11. The van der Waals surface area contributed by atoms with Crippen molar-refractivity contribution in [1.82, 2.24) is 4.68 Å². The quantitative estimate of drug-likeness (QED) is 0.527. The van der Waals surface area contributed by atoms with E-state index in [9.17, 15) is 4.39 Å². The molecule has 0 aliphatic carbocycles. The summed E-state index contributed by atoms with van der Waals surface area (Å²) in [4.78, 5) is 5.45. The third-order valence-corrected chi connectivity index (χ3v) is 4.70. The van der Waals surface area contributed by atoms with E-state index in [1.165, 1.54) is 17.4 Å². The lowest BCUT2D eigenvalue weighted by Gasteiger charge is -2.05. The molecule has 5 heteroatoms. The van der Waals surface area contributed by atoms with Crippen LogP contribution in [0, 0.1) is 11.7 Å². The van der Waals surface area contributed by atoms with E-state index in [-0.39, 0.29) is 5.82 Å². The fourth-order valence-electron chi connectivity index (χ4n) is 2.46. The molecule has 1 aromatic heterocycles. The summed E-state index contributed by atoms with van der Waals surface area (Å²) in [5, 5.41) is 6.49. The van der Waals surface area contributed by atoms with Crippen molar-refractivity contribution in [2.45, 2.75) is 26.8 Å². The molecule has 1 heterocycles. The van der Waals surface area contributed by atoms with Gasteiger partial charge in [0, 0.05) is 17.2 Å². The first kappa shape index (κ1) is 18.3. The zero-order chi connectivity index (χ0) is 18.4. The van der Waals surface area contributed by atoms with Gasteiger partial charge in [-0.05, 0) is 30.0 Å². The summed E-state index contributed by atoms with van der Waals surface area (Å²) in [6.07, 6.45) is 2.74. The van der Waals surface area contributed by atoms with Gasteiger partial charge < -0.3 is 0 Å². The monoisotopic (exact) mass is 367 g/mol. The Morgan fingerprint density at radius 3 is 2.54 bits per heavy atom. The summed E-state index contributed by atoms with van der Waals surface area (Å²) in [5.41, 5.74) is 2.39. The van der Waals surface area contributed by atoms with Crippen LogP contribution in [0.5, 0.6) is 0 Å². The fraction of sp³-hybridized carbons (Fsp3) is 0.238. The second kappa shape index (κ2) is 8.72. The number of halogens is 1. The molecule has 134 valence electrons. The van der Waals surface area contributed by atoms with E-state index in [0.29, 0.717) is 18.0 Å². The van der Waals surface area contributed by atoms with Crippen molar-refractivity contribution in [2.24, 2.45) is 16.0 Å². The van der Waals surface area contributed by atoms with E-state index < -0.39 is 0 Å². The Morgan fingerprint density at radius 1 is 1.08 bits per heavy atom. The van der Waals surface area contributed by atoms with Crippen LogP contribution in [-0.2, 0) is 6.54 Å². The molecule has 3 aromatic rings. The zero-order valence-electron chi connectivity index (χ0n) is 15.0. The van der Waals surface area contributed by atoms with Gasteiger partial charge in [-0.3, -0.25) is 4.99 Å². The maximum atomic E-state index is 14.3. The average molecular weight is 367 g/mol. The number of hydrogen-bond acceptors (Lipinski definition) is 3. The van der Waals surface area contributed by atoms with E-state index in [0.717, 1.165) is 22.5 Å². The molecule has 0 fully saturated rings. The molecule has 0 unspecified atom stereocenters. The molecule has 26 heavy (non-hydrogen) atoms. The van der Waals surface area contributed by atoms with Crippen molar-refractivity contribution in [2.75, 3.05) is 0 Å². The highest BCUT2D eigenvalue weighted by Crippen LogP contribution is 2.23. The van der Waals surface area contributed by atoms with Crippen LogP contribution in [0.2, 0.25) is 0 Å². The molecule has 3 rings (SSSR count). The largest absolute Gasteiger partial charge is 0.253 e. The number of benzene rings is 2. The van der Waals surface area contributed by atoms with E-state index in [4.69, 9.17) is 4.99 Å². The van der Waals surface area contributed by atoms with Gasteiger partial charge in [-0.2, -0.15) is 5.10 Å². The predicted molar refractivity (Wildman–Crippen MR) is 107 cm³/mol. The van der Waals surface area contributed by atoms with Crippen molar-refractivity contribution < 1.29 is 4.39 Å². The smallest absolute Gasteiger partial charge is 0.206 e. The molecule has 2 aromatic carbocycles. The van der Waals surface area contributed by atoms with Crippen molar-refractivity contribution >= 4 is 17.6 Å². The molecular formula is C21H22FN3S. The second-order valence-corrected chi connectivity index (χ2v) is 7.26. The minimum atomic E-state index is -0.257. The Morgan fingerprint density at radius 2 is 1.81 bits per heavy atom. The zero-order valence-corrected chi connectivity index (χ0v) is 15.8. The first-order valence-corrected chi connectivity index (χ1v) is 9.56. The minimum Gasteiger partial charge on any atom is -0.253 e. The lowest BCUT2D eigenvalue weighted by Crippen LogP contribution is -2.13. The normalized spacial score (nSPS) is 12.4. The number of rotatable bonds is 6. The van der Waals surface area contributed by atoms with Crippen LogP contribution in [0.4, 0.5) is 4.39 Å². The van der Waals surface area contributed by atoms with Gasteiger partial charge in [0.25, 0.3) is 0 Å². The van der Waals surface area contributed by atoms with Gasteiger partial charge in [-0.1, -0.05) is 56.3 Å². The summed E-state index contributed by atoms with van der Waals surface area (Å²) < 4.78 is 16.0. The van der Waals surface area contributed by atoms with Crippen LogP contribution in [-0.4, -0.2) is 10.9 Å². The van der Waals surface area contributed by atoms with Crippen LogP contribution in [0.15, 0.2) is 70.1 Å². The highest BCUT2D eigenvalue weighted by atomic mass is 32.1. The molecule has 0 bridgehead atoms. The Bertz CT molecular complexity index is 939. The van der Waals surface area contributed by atoms with Crippen LogP contribution >= 0.6 is 11.3 Å².